The van der Waals surface area contributed by atoms with E-state index in [-0.39, 0.29) is 4.47 Å². The molecule has 1 rings (SSSR count). The largest absolute Gasteiger partial charge is 0.242 e. The number of hydrogen-bond acceptors (Lipinski definition) is 2. The highest BCUT2D eigenvalue weighted by molar-refractivity contribution is 9.11. The van der Waals surface area contributed by atoms with Crippen LogP contribution in [0.4, 0.5) is 4.39 Å². The zero-order chi connectivity index (χ0) is 10.2. The van der Waals surface area contributed by atoms with E-state index in [2.05, 4.69) is 31.9 Å². The van der Waals surface area contributed by atoms with E-state index in [1.54, 1.807) is 0 Å². The summed E-state index contributed by atoms with van der Waals surface area (Å²) in [5.41, 5.74) is 0. The van der Waals surface area contributed by atoms with Crippen LogP contribution in [0.1, 0.15) is 0 Å². The summed E-state index contributed by atoms with van der Waals surface area (Å²) >= 11 is 5.91. The lowest BCUT2D eigenvalue weighted by molar-refractivity contribution is 0.565. The lowest BCUT2D eigenvalue weighted by Crippen LogP contribution is -2.14. The Morgan fingerprint density at radius 1 is 1.31 bits per heavy atom. The lowest BCUT2D eigenvalue weighted by Gasteiger charge is -2.03. The second-order valence-electron chi connectivity index (χ2n) is 2.24. The maximum absolute atomic E-state index is 13.1. The third-order valence-corrected chi connectivity index (χ3v) is 3.58. The molecule has 0 heterocycles. The Balaban J connectivity index is 3.57. The Kier molecular flexibility index (Phi) is 3.11. The van der Waals surface area contributed by atoms with Crippen LogP contribution in [-0.2, 0) is 10.0 Å². The summed E-state index contributed by atoms with van der Waals surface area (Å²) in [4.78, 5) is -0.532. The SMILES string of the molecule is NS(=O)(=O)c1c(F)cc(Br)cc1Br. The monoisotopic (exact) mass is 331 g/mol. The molecule has 0 unspecified atom stereocenters. The molecule has 0 aliphatic heterocycles. The Morgan fingerprint density at radius 2 is 1.85 bits per heavy atom. The maximum atomic E-state index is 13.1. The zero-order valence-corrected chi connectivity index (χ0v) is 10.1. The number of hydrogen-bond donors (Lipinski definition) is 1. The summed E-state index contributed by atoms with van der Waals surface area (Å²) in [6.45, 7) is 0. The predicted octanol–water partition coefficient (Wildman–Crippen LogP) is 2.00. The second-order valence-corrected chi connectivity index (χ2v) is 5.51. The molecular weight excluding hydrogens is 329 g/mol. The van der Waals surface area contributed by atoms with Crippen molar-refractivity contribution in [3.05, 3.63) is 26.9 Å². The van der Waals surface area contributed by atoms with Crippen molar-refractivity contribution in [2.75, 3.05) is 0 Å². The molecule has 0 radical (unpaired) electrons. The van der Waals surface area contributed by atoms with Crippen molar-refractivity contribution >= 4 is 41.9 Å². The molecule has 72 valence electrons. The fourth-order valence-electron chi connectivity index (χ4n) is 0.801. The molecule has 0 saturated carbocycles. The molecule has 0 aromatic heterocycles. The van der Waals surface area contributed by atoms with Gasteiger partial charge in [0, 0.05) is 8.95 Å². The van der Waals surface area contributed by atoms with Gasteiger partial charge < -0.3 is 0 Å². The average molecular weight is 333 g/mol. The Hall–Kier alpha value is 0.0200. The van der Waals surface area contributed by atoms with Crippen LogP contribution >= 0.6 is 31.9 Å². The van der Waals surface area contributed by atoms with Crippen molar-refractivity contribution in [2.24, 2.45) is 5.14 Å². The molecule has 0 spiro atoms. The Bertz CT molecular complexity index is 423. The van der Waals surface area contributed by atoms with Crippen LogP contribution in [0.2, 0.25) is 0 Å². The molecule has 7 heteroatoms. The van der Waals surface area contributed by atoms with Crippen molar-refractivity contribution in [2.45, 2.75) is 4.90 Å². The van der Waals surface area contributed by atoms with Gasteiger partial charge in [-0.2, -0.15) is 0 Å². The number of nitrogens with two attached hydrogens (primary N) is 1. The van der Waals surface area contributed by atoms with Crippen LogP contribution < -0.4 is 5.14 Å². The highest BCUT2D eigenvalue weighted by Gasteiger charge is 2.18. The van der Waals surface area contributed by atoms with Crippen LogP contribution in [0.25, 0.3) is 0 Å². The van der Waals surface area contributed by atoms with E-state index in [1.807, 2.05) is 0 Å². The van der Waals surface area contributed by atoms with E-state index < -0.39 is 20.7 Å². The molecule has 13 heavy (non-hydrogen) atoms. The van der Waals surface area contributed by atoms with Gasteiger partial charge in [-0.25, -0.2) is 17.9 Å². The van der Waals surface area contributed by atoms with E-state index in [1.165, 1.54) is 6.07 Å². The van der Waals surface area contributed by atoms with Gasteiger partial charge in [0.2, 0.25) is 10.0 Å². The first kappa shape index (κ1) is 11.1. The molecule has 1 aromatic carbocycles. The van der Waals surface area contributed by atoms with Gasteiger partial charge in [-0.1, -0.05) is 15.9 Å². The highest BCUT2D eigenvalue weighted by Crippen LogP contribution is 2.27. The molecule has 3 nitrogen and oxygen atoms in total. The fourth-order valence-corrected chi connectivity index (χ4v) is 3.31. The van der Waals surface area contributed by atoms with E-state index in [4.69, 9.17) is 5.14 Å². The van der Waals surface area contributed by atoms with Crippen molar-refractivity contribution in [3.63, 3.8) is 0 Å². The van der Waals surface area contributed by atoms with Gasteiger partial charge in [-0.3, -0.25) is 0 Å². The van der Waals surface area contributed by atoms with E-state index >= 15 is 0 Å². The van der Waals surface area contributed by atoms with Crippen LogP contribution in [0.5, 0.6) is 0 Å². The molecule has 2 N–H and O–H groups in total. The summed E-state index contributed by atoms with van der Waals surface area (Å²) in [5.74, 6) is -0.885. The fraction of sp³-hybridized carbons (Fsp3) is 0. The normalized spacial score (nSPS) is 11.7. The van der Waals surface area contributed by atoms with Crippen LogP contribution in [0.15, 0.2) is 26.0 Å². The first-order valence-corrected chi connectivity index (χ1v) is 6.13. The first-order valence-electron chi connectivity index (χ1n) is 2.99. The molecule has 0 saturated heterocycles. The lowest BCUT2D eigenvalue weighted by atomic mass is 10.3. The summed E-state index contributed by atoms with van der Waals surface area (Å²) in [5, 5.41) is 4.80. The van der Waals surface area contributed by atoms with Gasteiger partial charge in [0.15, 0.2) is 0 Å². The number of halogens is 3. The van der Waals surface area contributed by atoms with Gasteiger partial charge in [-0.15, -0.1) is 0 Å². The summed E-state index contributed by atoms with van der Waals surface area (Å²) < 4.78 is 35.4. The third-order valence-electron chi connectivity index (χ3n) is 1.25. The number of primary sulfonamides is 1. The third kappa shape index (κ3) is 2.49. The minimum absolute atomic E-state index is 0.0990. The van der Waals surface area contributed by atoms with Crippen molar-refractivity contribution in [3.8, 4) is 0 Å². The molecule has 0 amide bonds. The smallest absolute Gasteiger partial charge is 0.224 e. The van der Waals surface area contributed by atoms with Crippen molar-refractivity contribution in [1.29, 1.82) is 0 Å². The van der Waals surface area contributed by atoms with E-state index in [9.17, 15) is 12.8 Å². The van der Waals surface area contributed by atoms with Gasteiger partial charge in [0.05, 0.1) is 0 Å². The number of sulfonamides is 1. The van der Waals surface area contributed by atoms with E-state index in [0.29, 0.717) is 4.47 Å². The summed E-state index contributed by atoms with van der Waals surface area (Å²) in [6, 6.07) is 2.44. The quantitative estimate of drug-likeness (QED) is 0.855. The zero-order valence-electron chi connectivity index (χ0n) is 6.09. The standard InChI is InChI=1S/C6H4Br2FNO2S/c7-3-1-4(8)6(5(9)2-3)13(10,11)12/h1-2H,(H2,10,11,12). The maximum Gasteiger partial charge on any atom is 0.242 e. The minimum atomic E-state index is -4.02. The number of rotatable bonds is 1. The summed E-state index contributed by atoms with van der Waals surface area (Å²) in [7, 11) is -4.02. The first-order chi connectivity index (χ1) is 5.82. The highest BCUT2D eigenvalue weighted by atomic mass is 79.9. The molecular formula is C6H4Br2FNO2S. The molecule has 0 bridgehead atoms. The van der Waals surface area contributed by atoms with Crippen LogP contribution in [0.3, 0.4) is 0 Å². The van der Waals surface area contributed by atoms with E-state index in [0.717, 1.165) is 6.07 Å². The van der Waals surface area contributed by atoms with Crippen molar-refractivity contribution in [1.82, 2.24) is 0 Å². The number of benzene rings is 1. The molecule has 0 aliphatic carbocycles. The predicted molar refractivity (Wildman–Crippen MR) is 53.2 cm³/mol. The molecule has 0 aliphatic rings. The summed E-state index contributed by atoms with van der Waals surface area (Å²) in [6.07, 6.45) is 0. The average Bonchev–Trinajstić information content (AvgIpc) is 1.78. The molecule has 1 aromatic rings. The topological polar surface area (TPSA) is 60.2 Å². The minimum Gasteiger partial charge on any atom is -0.224 e. The van der Waals surface area contributed by atoms with Gasteiger partial charge in [-0.05, 0) is 28.1 Å². The van der Waals surface area contributed by atoms with Crippen molar-refractivity contribution < 1.29 is 12.8 Å². The Morgan fingerprint density at radius 3 is 2.23 bits per heavy atom. The van der Waals surface area contributed by atoms with Crippen LogP contribution in [-0.4, -0.2) is 8.42 Å². The molecule has 0 fully saturated rings. The Labute approximate surface area is 91.4 Å². The van der Waals surface area contributed by atoms with Crippen LogP contribution in [0, 0.1) is 5.82 Å². The van der Waals surface area contributed by atoms with Gasteiger partial charge in [0.25, 0.3) is 0 Å². The van der Waals surface area contributed by atoms with Gasteiger partial charge in [0.1, 0.15) is 10.7 Å². The van der Waals surface area contributed by atoms with Gasteiger partial charge >= 0.3 is 0 Å². The molecule has 0 atom stereocenters. The second kappa shape index (κ2) is 3.64.